The Balaban J connectivity index is 1.22. The van der Waals surface area contributed by atoms with E-state index in [4.69, 9.17) is 4.74 Å². The predicted molar refractivity (Wildman–Crippen MR) is 109 cm³/mol. The fourth-order valence-corrected chi connectivity index (χ4v) is 4.14. The number of halogens is 3. The number of hydrogen-bond acceptors (Lipinski definition) is 4. The molecule has 1 aliphatic heterocycles. The van der Waals surface area contributed by atoms with Crippen LogP contribution >= 0.6 is 0 Å². The zero-order chi connectivity index (χ0) is 22.4. The number of carbonyl (C=O) groups excluding carboxylic acids is 1. The molecule has 0 bridgehead atoms. The highest BCUT2D eigenvalue weighted by molar-refractivity contribution is 5.89. The fourth-order valence-electron chi connectivity index (χ4n) is 4.14. The van der Waals surface area contributed by atoms with Crippen molar-refractivity contribution in [2.24, 2.45) is 5.92 Å². The number of amides is 2. The number of urea groups is 1. The first-order valence-corrected chi connectivity index (χ1v) is 10.00. The number of pyridine rings is 1. The second kappa shape index (κ2) is 7.83. The molecular formula is C23H18F3N3O3. The molecule has 2 heterocycles. The van der Waals surface area contributed by atoms with E-state index in [-0.39, 0.29) is 41.6 Å². The van der Waals surface area contributed by atoms with Gasteiger partial charge in [-0.05, 0) is 35.9 Å². The molecule has 0 saturated heterocycles. The lowest BCUT2D eigenvalue weighted by molar-refractivity contribution is 0.220. The summed E-state index contributed by atoms with van der Waals surface area (Å²) in [5, 5.41) is 15.7. The summed E-state index contributed by atoms with van der Waals surface area (Å²) in [5.41, 5.74) is 1.14. The first-order chi connectivity index (χ1) is 15.4. The number of nitrogens with zero attached hydrogens (tertiary/aromatic N) is 1. The molecule has 32 heavy (non-hydrogen) atoms. The average Bonchev–Trinajstić information content (AvgIpc) is 3.49. The summed E-state index contributed by atoms with van der Waals surface area (Å²) in [6.45, 7) is 0.192. The van der Waals surface area contributed by atoms with Crippen LogP contribution in [0.1, 0.15) is 28.7 Å². The quantitative estimate of drug-likeness (QED) is 0.574. The van der Waals surface area contributed by atoms with Crippen molar-refractivity contribution in [3.8, 4) is 5.75 Å². The standard InChI is InChI=1S/C23H18F3N3O3/c24-13-4-1-11(2-5-13)21(30)12-3-8-17(27-9-12)28-23(31)29-20-14-10-32-22-16(26)7-6-15(25)19(22)18(14)20/h1-9,14,18,20-21,30H,10H2,(H2,27,28,29,31)/t14-,18-,20-,21?/m1/s1. The number of aliphatic hydroxyl groups is 1. The Morgan fingerprint density at radius 1 is 1.03 bits per heavy atom. The van der Waals surface area contributed by atoms with E-state index in [1.807, 2.05) is 0 Å². The second-order valence-electron chi connectivity index (χ2n) is 7.83. The topological polar surface area (TPSA) is 83.5 Å². The molecule has 0 radical (unpaired) electrons. The Morgan fingerprint density at radius 2 is 1.75 bits per heavy atom. The summed E-state index contributed by atoms with van der Waals surface area (Å²) in [7, 11) is 0. The van der Waals surface area contributed by atoms with Crippen molar-refractivity contribution in [3.63, 3.8) is 0 Å². The summed E-state index contributed by atoms with van der Waals surface area (Å²) in [6.07, 6.45) is 0.416. The van der Waals surface area contributed by atoms with E-state index in [1.54, 1.807) is 6.07 Å². The Hall–Kier alpha value is -3.59. The zero-order valence-electron chi connectivity index (χ0n) is 16.6. The molecule has 3 aromatic rings. The molecule has 1 fully saturated rings. The number of fused-ring (bicyclic) bond motifs is 3. The molecule has 4 atom stereocenters. The van der Waals surface area contributed by atoms with Gasteiger partial charge in [-0.25, -0.2) is 22.9 Å². The molecule has 1 saturated carbocycles. The lowest BCUT2D eigenvalue weighted by Gasteiger charge is -2.16. The fraction of sp³-hybridized carbons (Fsp3) is 0.217. The third-order valence-corrected chi connectivity index (χ3v) is 5.84. The number of nitrogens with one attached hydrogen (secondary N) is 2. The second-order valence-corrected chi connectivity index (χ2v) is 7.83. The number of benzene rings is 2. The molecule has 2 amide bonds. The van der Waals surface area contributed by atoms with Crippen LogP contribution in [-0.2, 0) is 0 Å². The predicted octanol–water partition coefficient (Wildman–Crippen LogP) is 3.88. The number of anilines is 1. The minimum Gasteiger partial charge on any atom is -0.490 e. The van der Waals surface area contributed by atoms with Crippen molar-refractivity contribution < 1.29 is 27.8 Å². The van der Waals surface area contributed by atoms with Gasteiger partial charge in [-0.3, -0.25) is 5.32 Å². The van der Waals surface area contributed by atoms with E-state index in [2.05, 4.69) is 15.6 Å². The number of hydrogen-bond donors (Lipinski definition) is 3. The number of ether oxygens (including phenoxy) is 1. The highest BCUT2D eigenvalue weighted by Crippen LogP contribution is 2.55. The number of aromatic nitrogens is 1. The van der Waals surface area contributed by atoms with E-state index in [0.717, 1.165) is 12.1 Å². The van der Waals surface area contributed by atoms with Crippen molar-refractivity contribution in [3.05, 3.63) is 88.9 Å². The van der Waals surface area contributed by atoms with Gasteiger partial charge in [-0.1, -0.05) is 18.2 Å². The summed E-state index contributed by atoms with van der Waals surface area (Å²) in [6, 6.07) is 9.74. The third kappa shape index (κ3) is 3.64. The molecule has 6 nitrogen and oxygen atoms in total. The third-order valence-electron chi connectivity index (χ3n) is 5.84. The summed E-state index contributed by atoms with van der Waals surface area (Å²) >= 11 is 0. The monoisotopic (exact) mass is 441 g/mol. The molecular weight excluding hydrogens is 423 g/mol. The molecule has 1 aromatic heterocycles. The summed E-state index contributed by atoms with van der Waals surface area (Å²) in [5.74, 6) is -1.90. The van der Waals surface area contributed by atoms with Gasteiger partial charge in [0.25, 0.3) is 0 Å². The maximum atomic E-state index is 14.2. The van der Waals surface area contributed by atoms with Gasteiger partial charge >= 0.3 is 6.03 Å². The van der Waals surface area contributed by atoms with Gasteiger partial charge in [-0.2, -0.15) is 0 Å². The van der Waals surface area contributed by atoms with Crippen LogP contribution in [0.4, 0.5) is 23.8 Å². The van der Waals surface area contributed by atoms with E-state index in [1.165, 1.54) is 36.5 Å². The smallest absolute Gasteiger partial charge is 0.320 e. The molecule has 2 aromatic carbocycles. The molecule has 5 rings (SSSR count). The Kier molecular flexibility index (Phi) is 4.97. The van der Waals surface area contributed by atoms with Crippen molar-refractivity contribution in [2.75, 3.05) is 11.9 Å². The van der Waals surface area contributed by atoms with Gasteiger partial charge in [0.15, 0.2) is 11.6 Å². The average molecular weight is 441 g/mol. The van der Waals surface area contributed by atoms with Gasteiger partial charge < -0.3 is 15.2 Å². The molecule has 3 N–H and O–H groups in total. The van der Waals surface area contributed by atoms with Crippen molar-refractivity contribution in [2.45, 2.75) is 18.1 Å². The molecule has 1 unspecified atom stereocenters. The van der Waals surface area contributed by atoms with Gasteiger partial charge in [0.1, 0.15) is 23.6 Å². The SMILES string of the molecule is O=C(Nc1ccc(C(O)c2ccc(F)cc2)cn1)N[C@@H]1[C@@H]2COc3c(F)ccc(F)c3[C@@H]21. The van der Waals surface area contributed by atoms with Crippen LogP contribution in [0.5, 0.6) is 5.75 Å². The van der Waals surface area contributed by atoms with Crippen LogP contribution in [0, 0.1) is 23.4 Å². The van der Waals surface area contributed by atoms with Crippen LogP contribution in [0.15, 0.2) is 54.7 Å². The van der Waals surface area contributed by atoms with Crippen molar-refractivity contribution >= 4 is 11.8 Å². The van der Waals surface area contributed by atoms with E-state index in [9.17, 15) is 23.1 Å². The largest absolute Gasteiger partial charge is 0.490 e. The lowest BCUT2D eigenvalue weighted by atomic mass is 10.0. The minimum atomic E-state index is -0.990. The number of carbonyl (C=O) groups is 1. The normalized spacial score (nSPS) is 21.6. The number of rotatable bonds is 4. The molecule has 9 heteroatoms. The molecule has 2 aliphatic rings. The first-order valence-electron chi connectivity index (χ1n) is 10.00. The Bertz CT molecular complexity index is 1170. The van der Waals surface area contributed by atoms with E-state index >= 15 is 0 Å². The lowest BCUT2D eigenvalue weighted by Crippen LogP contribution is -2.32. The van der Waals surface area contributed by atoms with Crippen molar-refractivity contribution in [1.82, 2.24) is 10.3 Å². The Labute approximate surface area is 181 Å². The maximum absolute atomic E-state index is 14.2. The molecule has 0 spiro atoms. The zero-order valence-corrected chi connectivity index (χ0v) is 16.6. The van der Waals surface area contributed by atoms with E-state index < -0.39 is 29.6 Å². The van der Waals surface area contributed by atoms with Gasteiger partial charge in [0.2, 0.25) is 0 Å². The van der Waals surface area contributed by atoms with Gasteiger partial charge in [0, 0.05) is 35.2 Å². The van der Waals surface area contributed by atoms with Gasteiger partial charge in [0.05, 0.1) is 6.61 Å². The molecule has 1 aliphatic carbocycles. The van der Waals surface area contributed by atoms with Gasteiger partial charge in [-0.15, -0.1) is 0 Å². The number of aliphatic hydroxyl groups excluding tert-OH is 1. The van der Waals surface area contributed by atoms with E-state index in [0.29, 0.717) is 11.1 Å². The Morgan fingerprint density at radius 3 is 2.47 bits per heavy atom. The highest BCUT2D eigenvalue weighted by Gasteiger charge is 2.57. The van der Waals surface area contributed by atoms with Crippen LogP contribution in [-0.4, -0.2) is 28.8 Å². The van der Waals surface area contributed by atoms with Crippen molar-refractivity contribution in [1.29, 1.82) is 0 Å². The first kappa shape index (κ1) is 20.3. The van der Waals surface area contributed by atoms with Crippen LogP contribution < -0.4 is 15.4 Å². The summed E-state index contributed by atoms with van der Waals surface area (Å²) < 4.78 is 46.5. The molecule has 164 valence electrons. The highest BCUT2D eigenvalue weighted by atomic mass is 19.1. The van der Waals surface area contributed by atoms with Crippen LogP contribution in [0.3, 0.4) is 0 Å². The maximum Gasteiger partial charge on any atom is 0.320 e. The van der Waals surface area contributed by atoms with Crippen LogP contribution in [0.25, 0.3) is 0 Å². The van der Waals surface area contributed by atoms with Crippen LogP contribution in [0.2, 0.25) is 0 Å². The summed E-state index contributed by atoms with van der Waals surface area (Å²) in [4.78, 5) is 16.5. The minimum absolute atomic E-state index is 0.0899.